The molecule has 0 radical (unpaired) electrons. The number of carbonyl (C=O) groups excluding carboxylic acids is 2. The lowest BCUT2D eigenvalue weighted by Crippen LogP contribution is -2.46. The van der Waals surface area contributed by atoms with Crippen molar-refractivity contribution in [1.82, 2.24) is 4.90 Å². The number of esters is 1. The normalized spacial score (nSPS) is 19.4. The quantitative estimate of drug-likeness (QED) is 0.669. The van der Waals surface area contributed by atoms with Crippen LogP contribution in [0.25, 0.3) is 0 Å². The van der Waals surface area contributed by atoms with Gasteiger partial charge in [-0.3, -0.25) is 9.59 Å². The van der Waals surface area contributed by atoms with Crippen molar-refractivity contribution in [2.24, 2.45) is 5.92 Å². The molecule has 6 nitrogen and oxygen atoms in total. The molecule has 0 aromatic rings. The number of likely N-dealkylation sites (tertiary alicyclic amines) is 1. The van der Waals surface area contributed by atoms with E-state index in [9.17, 15) is 18.0 Å². The molecule has 1 aliphatic rings. The van der Waals surface area contributed by atoms with Gasteiger partial charge in [-0.15, -0.1) is 0 Å². The Hall–Kier alpha value is -1.11. The number of methoxy groups -OCH3 is 1. The van der Waals surface area contributed by atoms with Crippen LogP contribution in [0, 0.1) is 5.92 Å². The summed E-state index contributed by atoms with van der Waals surface area (Å²) < 4.78 is 27.3. The smallest absolute Gasteiger partial charge is 0.308 e. The summed E-state index contributed by atoms with van der Waals surface area (Å²) in [4.78, 5) is 24.7. The lowest BCUT2D eigenvalue weighted by Gasteiger charge is -2.32. The first kappa shape index (κ1) is 14.9. The molecule has 1 fully saturated rings. The second-order valence-corrected chi connectivity index (χ2v) is 6.96. The standard InChI is InChI=1S/C11H19NO5S/c1-8(18(3,15)16)10(13)12-6-4-9(5-7-12)11(14)17-2/h8-9H,4-7H2,1-3H3. The number of nitrogens with zero attached hydrogens (tertiary/aromatic N) is 1. The van der Waals surface area contributed by atoms with Crippen molar-refractivity contribution in [1.29, 1.82) is 0 Å². The number of hydrogen-bond donors (Lipinski definition) is 0. The Labute approximate surface area is 107 Å². The average molecular weight is 277 g/mol. The Kier molecular flexibility index (Phi) is 4.72. The molecule has 1 saturated heterocycles. The van der Waals surface area contributed by atoms with Crippen LogP contribution in [0.2, 0.25) is 0 Å². The van der Waals surface area contributed by atoms with Crippen molar-refractivity contribution in [3.05, 3.63) is 0 Å². The van der Waals surface area contributed by atoms with Crippen LogP contribution in [-0.4, -0.2) is 56.9 Å². The lowest BCUT2D eigenvalue weighted by atomic mass is 9.97. The third kappa shape index (κ3) is 3.44. The largest absolute Gasteiger partial charge is 0.469 e. The summed E-state index contributed by atoms with van der Waals surface area (Å²) in [5, 5.41) is -1.02. The van der Waals surface area contributed by atoms with E-state index in [2.05, 4.69) is 4.74 Å². The van der Waals surface area contributed by atoms with E-state index in [-0.39, 0.29) is 17.8 Å². The minimum atomic E-state index is -3.37. The van der Waals surface area contributed by atoms with E-state index < -0.39 is 15.1 Å². The first-order chi connectivity index (χ1) is 8.27. The van der Waals surface area contributed by atoms with E-state index >= 15 is 0 Å². The molecule has 0 spiro atoms. The molecule has 0 saturated carbocycles. The zero-order valence-corrected chi connectivity index (χ0v) is 11.7. The minimum Gasteiger partial charge on any atom is -0.469 e. The Morgan fingerprint density at radius 1 is 1.28 bits per heavy atom. The Bertz CT molecular complexity index is 423. The number of piperidine rings is 1. The minimum absolute atomic E-state index is 0.187. The number of rotatable bonds is 3. The van der Waals surface area contributed by atoms with E-state index in [4.69, 9.17) is 0 Å². The summed E-state index contributed by atoms with van der Waals surface area (Å²) in [7, 11) is -2.03. The van der Waals surface area contributed by atoms with Crippen LogP contribution in [0.5, 0.6) is 0 Å². The maximum absolute atomic E-state index is 11.9. The predicted molar refractivity (Wildman–Crippen MR) is 65.6 cm³/mol. The molecule has 1 unspecified atom stereocenters. The summed E-state index contributed by atoms with van der Waals surface area (Å²) in [6, 6.07) is 0. The maximum Gasteiger partial charge on any atom is 0.308 e. The van der Waals surface area contributed by atoms with Crippen molar-refractivity contribution in [2.45, 2.75) is 25.0 Å². The van der Waals surface area contributed by atoms with Gasteiger partial charge in [0.1, 0.15) is 5.25 Å². The second-order valence-electron chi connectivity index (χ2n) is 4.59. The van der Waals surface area contributed by atoms with Gasteiger partial charge in [0.15, 0.2) is 9.84 Å². The van der Waals surface area contributed by atoms with Crippen LogP contribution >= 0.6 is 0 Å². The fourth-order valence-corrected chi connectivity index (χ4v) is 2.46. The van der Waals surface area contributed by atoms with E-state index in [1.165, 1.54) is 18.9 Å². The first-order valence-corrected chi connectivity index (χ1v) is 7.78. The zero-order valence-electron chi connectivity index (χ0n) is 10.9. The van der Waals surface area contributed by atoms with Gasteiger partial charge in [0.25, 0.3) is 0 Å². The topological polar surface area (TPSA) is 80.8 Å². The van der Waals surface area contributed by atoms with Crippen LogP contribution in [-0.2, 0) is 24.2 Å². The van der Waals surface area contributed by atoms with Crippen molar-refractivity contribution in [3.8, 4) is 0 Å². The molecule has 1 aliphatic heterocycles. The van der Waals surface area contributed by atoms with Crippen LogP contribution in [0.15, 0.2) is 0 Å². The van der Waals surface area contributed by atoms with Gasteiger partial charge < -0.3 is 9.64 Å². The van der Waals surface area contributed by atoms with E-state index in [1.807, 2.05) is 0 Å². The molecule has 0 aliphatic carbocycles. The van der Waals surface area contributed by atoms with E-state index in [0.29, 0.717) is 25.9 Å². The molecule has 104 valence electrons. The Morgan fingerprint density at radius 2 is 1.78 bits per heavy atom. The van der Waals surface area contributed by atoms with Crippen molar-refractivity contribution >= 4 is 21.7 Å². The zero-order chi connectivity index (χ0) is 13.9. The van der Waals surface area contributed by atoms with Crippen LogP contribution < -0.4 is 0 Å². The van der Waals surface area contributed by atoms with Gasteiger partial charge in [-0.2, -0.15) is 0 Å². The fraction of sp³-hybridized carbons (Fsp3) is 0.818. The molecule has 1 amide bonds. The van der Waals surface area contributed by atoms with E-state index in [0.717, 1.165) is 6.26 Å². The van der Waals surface area contributed by atoms with Crippen molar-refractivity contribution < 1.29 is 22.7 Å². The number of hydrogen-bond acceptors (Lipinski definition) is 5. The molecule has 0 N–H and O–H groups in total. The van der Waals surface area contributed by atoms with Crippen molar-refractivity contribution in [2.75, 3.05) is 26.5 Å². The summed E-state index contributed by atoms with van der Waals surface area (Å²) in [5.41, 5.74) is 0. The summed E-state index contributed by atoms with van der Waals surface area (Å²) in [5.74, 6) is -0.841. The van der Waals surface area contributed by atoms with Crippen molar-refractivity contribution in [3.63, 3.8) is 0 Å². The highest BCUT2D eigenvalue weighted by atomic mass is 32.2. The molecule has 1 rings (SSSR count). The van der Waals surface area contributed by atoms with Gasteiger partial charge >= 0.3 is 5.97 Å². The van der Waals surface area contributed by atoms with Crippen LogP contribution in [0.1, 0.15) is 19.8 Å². The van der Waals surface area contributed by atoms with Crippen LogP contribution in [0.3, 0.4) is 0 Å². The van der Waals surface area contributed by atoms with Gasteiger partial charge in [0.2, 0.25) is 5.91 Å². The highest BCUT2D eigenvalue weighted by Gasteiger charge is 2.32. The molecule has 7 heteroatoms. The third-order valence-corrected chi connectivity index (χ3v) is 4.82. The highest BCUT2D eigenvalue weighted by Crippen LogP contribution is 2.19. The number of carbonyl (C=O) groups is 2. The van der Waals surface area contributed by atoms with Gasteiger partial charge in [0.05, 0.1) is 13.0 Å². The molecular formula is C11H19NO5S. The molecule has 0 aromatic carbocycles. The molecule has 18 heavy (non-hydrogen) atoms. The number of amides is 1. The average Bonchev–Trinajstić information content (AvgIpc) is 2.35. The molecule has 1 atom stereocenters. The van der Waals surface area contributed by atoms with Gasteiger partial charge in [-0.05, 0) is 19.8 Å². The predicted octanol–water partition coefficient (Wildman–Crippen LogP) is -0.169. The van der Waals surface area contributed by atoms with E-state index in [1.54, 1.807) is 0 Å². The molecular weight excluding hydrogens is 258 g/mol. The van der Waals surface area contributed by atoms with Crippen LogP contribution in [0.4, 0.5) is 0 Å². The third-order valence-electron chi connectivity index (χ3n) is 3.33. The van der Waals surface area contributed by atoms with Gasteiger partial charge in [-0.1, -0.05) is 0 Å². The van der Waals surface area contributed by atoms with Gasteiger partial charge in [-0.25, -0.2) is 8.42 Å². The Morgan fingerprint density at radius 3 is 2.17 bits per heavy atom. The molecule has 0 bridgehead atoms. The van der Waals surface area contributed by atoms with Gasteiger partial charge in [0, 0.05) is 19.3 Å². The maximum atomic E-state index is 11.9. The molecule has 0 aromatic heterocycles. The number of ether oxygens (including phenoxy) is 1. The fourth-order valence-electron chi connectivity index (χ4n) is 1.94. The second kappa shape index (κ2) is 5.69. The monoisotopic (exact) mass is 277 g/mol. The SMILES string of the molecule is COC(=O)C1CCN(C(=O)C(C)S(C)(=O)=O)CC1. The number of sulfone groups is 1. The summed E-state index contributed by atoms with van der Waals surface area (Å²) in [6.45, 7) is 2.20. The first-order valence-electron chi connectivity index (χ1n) is 5.83. The highest BCUT2D eigenvalue weighted by molar-refractivity contribution is 7.92. The summed E-state index contributed by atoms with van der Waals surface area (Å²) in [6.07, 6.45) is 2.10. The Balaban J connectivity index is 2.58. The lowest BCUT2D eigenvalue weighted by molar-refractivity contribution is -0.148. The summed E-state index contributed by atoms with van der Waals surface area (Å²) >= 11 is 0. The molecule has 1 heterocycles.